The molecule has 1 amide bonds. The number of nitrogens with zero attached hydrogens (tertiary/aromatic N) is 4. The van der Waals surface area contributed by atoms with Gasteiger partial charge in [0.2, 0.25) is 5.91 Å². The molecule has 6 nitrogen and oxygen atoms in total. The molecule has 7 heteroatoms. The van der Waals surface area contributed by atoms with Crippen LogP contribution in [-0.2, 0) is 17.8 Å². The second-order valence-electron chi connectivity index (χ2n) is 7.87. The highest BCUT2D eigenvalue weighted by molar-refractivity contribution is 7.22. The topological polar surface area (TPSA) is 60.2 Å². The number of carbonyl (C=O) groups is 1. The number of rotatable bonds is 9. The molecule has 32 heavy (non-hydrogen) atoms. The standard InChI is InChI=1S/C25H28N4O2S/c1-4-31-21-8-9-22-23(16-21)32-25(27-22)29(12-5-11-28-13-10-26-17-28)24(30)15-20-7-6-18(2)14-19(20)3/h6-10,13-14,16-17H,4-5,11-12,15H2,1-3H3. The molecule has 166 valence electrons. The van der Waals surface area contributed by atoms with Gasteiger partial charge in [0.25, 0.3) is 0 Å². The van der Waals surface area contributed by atoms with Crippen LogP contribution in [0, 0.1) is 13.8 Å². The van der Waals surface area contributed by atoms with Crippen molar-refractivity contribution in [3.63, 3.8) is 0 Å². The molecule has 0 atom stereocenters. The third-order valence-electron chi connectivity index (χ3n) is 5.39. The van der Waals surface area contributed by atoms with Crippen LogP contribution in [0.15, 0.2) is 55.1 Å². The summed E-state index contributed by atoms with van der Waals surface area (Å²) >= 11 is 1.53. The van der Waals surface area contributed by atoms with Crippen molar-refractivity contribution < 1.29 is 9.53 Å². The molecule has 0 aliphatic heterocycles. The largest absolute Gasteiger partial charge is 0.494 e. The van der Waals surface area contributed by atoms with Gasteiger partial charge in [0.15, 0.2) is 5.13 Å². The summed E-state index contributed by atoms with van der Waals surface area (Å²) in [6.07, 6.45) is 6.68. The highest BCUT2D eigenvalue weighted by atomic mass is 32.1. The predicted molar refractivity (Wildman–Crippen MR) is 130 cm³/mol. The van der Waals surface area contributed by atoms with E-state index < -0.39 is 0 Å². The maximum atomic E-state index is 13.4. The first-order valence-corrected chi connectivity index (χ1v) is 11.7. The molecule has 2 heterocycles. The lowest BCUT2D eigenvalue weighted by Crippen LogP contribution is -2.33. The summed E-state index contributed by atoms with van der Waals surface area (Å²) in [4.78, 5) is 24.1. The molecule has 0 saturated heterocycles. The first-order valence-electron chi connectivity index (χ1n) is 10.9. The number of aryl methyl sites for hydroxylation is 3. The van der Waals surface area contributed by atoms with Crippen LogP contribution < -0.4 is 9.64 Å². The van der Waals surface area contributed by atoms with Crippen LogP contribution in [0.3, 0.4) is 0 Å². The van der Waals surface area contributed by atoms with Gasteiger partial charge in [0.1, 0.15) is 5.75 Å². The van der Waals surface area contributed by atoms with Crippen molar-refractivity contribution in [2.24, 2.45) is 0 Å². The van der Waals surface area contributed by atoms with E-state index in [1.165, 1.54) is 16.9 Å². The quantitative estimate of drug-likeness (QED) is 0.354. The number of ether oxygens (including phenoxy) is 1. The molecular weight excluding hydrogens is 420 g/mol. The van der Waals surface area contributed by atoms with Gasteiger partial charge >= 0.3 is 0 Å². The number of aromatic nitrogens is 3. The summed E-state index contributed by atoms with van der Waals surface area (Å²) in [5.41, 5.74) is 4.28. The molecule has 4 rings (SSSR count). The number of amides is 1. The van der Waals surface area contributed by atoms with Crippen LogP contribution in [-0.4, -0.2) is 33.6 Å². The number of imidazole rings is 1. The zero-order chi connectivity index (χ0) is 22.5. The van der Waals surface area contributed by atoms with E-state index >= 15 is 0 Å². The normalized spacial score (nSPS) is 11.1. The van der Waals surface area contributed by atoms with E-state index in [-0.39, 0.29) is 5.91 Å². The molecule has 2 aromatic heterocycles. The van der Waals surface area contributed by atoms with Crippen LogP contribution in [0.4, 0.5) is 5.13 Å². The number of benzene rings is 2. The van der Waals surface area contributed by atoms with Crippen molar-refractivity contribution >= 4 is 32.6 Å². The molecule has 0 unspecified atom stereocenters. The molecule has 0 spiro atoms. The van der Waals surface area contributed by atoms with Gasteiger partial charge in [-0.1, -0.05) is 35.1 Å². The average Bonchev–Trinajstić information content (AvgIpc) is 3.42. The number of thiazole rings is 1. The smallest absolute Gasteiger partial charge is 0.233 e. The molecule has 0 bridgehead atoms. The monoisotopic (exact) mass is 448 g/mol. The Hall–Kier alpha value is -3.19. The van der Waals surface area contributed by atoms with Gasteiger partial charge in [-0.25, -0.2) is 9.97 Å². The van der Waals surface area contributed by atoms with E-state index in [1.54, 1.807) is 12.5 Å². The lowest BCUT2D eigenvalue weighted by atomic mass is 10.0. The second-order valence-corrected chi connectivity index (χ2v) is 8.87. The van der Waals surface area contributed by atoms with Gasteiger partial charge in [0.05, 0.1) is 29.6 Å². The van der Waals surface area contributed by atoms with E-state index in [0.29, 0.717) is 19.6 Å². The van der Waals surface area contributed by atoms with Crippen molar-refractivity contribution in [2.75, 3.05) is 18.1 Å². The molecule has 0 aliphatic carbocycles. The number of fused-ring (bicyclic) bond motifs is 1. The molecular formula is C25H28N4O2S. The summed E-state index contributed by atoms with van der Waals surface area (Å²) in [5, 5.41) is 0.731. The zero-order valence-electron chi connectivity index (χ0n) is 18.7. The van der Waals surface area contributed by atoms with Gasteiger partial charge < -0.3 is 9.30 Å². The van der Waals surface area contributed by atoms with Crippen LogP contribution in [0.25, 0.3) is 10.2 Å². The highest BCUT2D eigenvalue weighted by Crippen LogP contribution is 2.32. The molecule has 0 N–H and O–H groups in total. The molecule has 0 fully saturated rings. The van der Waals surface area contributed by atoms with E-state index in [4.69, 9.17) is 9.72 Å². The summed E-state index contributed by atoms with van der Waals surface area (Å²) in [5.74, 6) is 0.884. The predicted octanol–water partition coefficient (Wildman–Crippen LogP) is 5.17. The Morgan fingerprint density at radius 2 is 2.06 bits per heavy atom. The maximum Gasteiger partial charge on any atom is 0.233 e. The van der Waals surface area contributed by atoms with Crippen LogP contribution >= 0.6 is 11.3 Å². The van der Waals surface area contributed by atoms with Gasteiger partial charge in [-0.3, -0.25) is 9.69 Å². The molecule has 4 aromatic rings. The first-order chi connectivity index (χ1) is 15.5. The summed E-state index contributed by atoms with van der Waals surface area (Å²) < 4.78 is 8.67. The van der Waals surface area contributed by atoms with Crippen molar-refractivity contribution in [1.29, 1.82) is 0 Å². The Morgan fingerprint density at radius 3 is 2.81 bits per heavy atom. The number of hydrogen-bond acceptors (Lipinski definition) is 5. The Morgan fingerprint density at radius 1 is 1.19 bits per heavy atom. The fourth-order valence-corrected chi connectivity index (χ4v) is 4.76. The van der Waals surface area contributed by atoms with E-state index in [2.05, 4.69) is 37.0 Å². The first kappa shape index (κ1) is 22.0. The van der Waals surface area contributed by atoms with Crippen molar-refractivity contribution in [2.45, 2.75) is 40.2 Å². The van der Waals surface area contributed by atoms with Gasteiger partial charge in [-0.05, 0) is 56.5 Å². The van der Waals surface area contributed by atoms with Gasteiger partial charge in [-0.15, -0.1) is 0 Å². The van der Waals surface area contributed by atoms with Crippen molar-refractivity contribution in [3.8, 4) is 5.75 Å². The SMILES string of the molecule is CCOc1ccc2nc(N(CCCn3ccnc3)C(=O)Cc3ccc(C)cc3C)sc2c1. The molecule has 0 aliphatic rings. The van der Waals surface area contributed by atoms with Crippen molar-refractivity contribution in [3.05, 3.63) is 71.8 Å². The third-order valence-corrected chi connectivity index (χ3v) is 6.43. The van der Waals surface area contributed by atoms with Crippen LogP contribution in [0.2, 0.25) is 0 Å². The number of anilines is 1. The highest BCUT2D eigenvalue weighted by Gasteiger charge is 2.21. The minimum absolute atomic E-state index is 0.0617. The fourth-order valence-electron chi connectivity index (χ4n) is 3.72. The van der Waals surface area contributed by atoms with E-state index in [9.17, 15) is 4.79 Å². The Balaban J connectivity index is 1.58. The lowest BCUT2D eigenvalue weighted by molar-refractivity contribution is -0.118. The Bertz CT molecular complexity index is 1200. The van der Waals surface area contributed by atoms with Gasteiger partial charge in [-0.2, -0.15) is 0 Å². The number of hydrogen-bond donors (Lipinski definition) is 0. The molecule has 0 saturated carbocycles. The van der Waals surface area contributed by atoms with Crippen molar-refractivity contribution in [1.82, 2.24) is 14.5 Å². The summed E-state index contributed by atoms with van der Waals surface area (Å²) in [6.45, 7) is 8.11. The molecule has 0 radical (unpaired) electrons. The minimum Gasteiger partial charge on any atom is -0.494 e. The Labute approximate surface area is 192 Å². The van der Waals surface area contributed by atoms with Crippen LogP contribution in [0.1, 0.15) is 30.0 Å². The van der Waals surface area contributed by atoms with Crippen LogP contribution in [0.5, 0.6) is 5.75 Å². The molecule has 2 aromatic carbocycles. The lowest BCUT2D eigenvalue weighted by Gasteiger charge is -2.20. The van der Waals surface area contributed by atoms with E-state index in [1.807, 2.05) is 40.8 Å². The number of carbonyl (C=O) groups excluding carboxylic acids is 1. The van der Waals surface area contributed by atoms with E-state index in [0.717, 1.165) is 45.2 Å². The second kappa shape index (κ2) is 9.96. The zero-order valence-corrected chi connectivity index (χ0v) is 19.6. The maximum absolute atomic E-state index is 13.4. The Kier molecular flexibility index (Phi) is 6.85. The minimum atomic E-state index is 0.0617. The summed E-state index contributed by atoms with van der Waals surface area (Å²) in [6, 6.07) is 12.1. The van der Waals surface area contributed by atoms with Gasteiger partial charge in [0, 0.05) is 25.5 Å². The summed E-state index contributed by atoms with van der Waals surface area (Å²) in [7, 11) is 0. The fraction of sp³-hybridized carbons (Fsp3) is 0.320. The average molecular weight is 449 g/mol. The third kappa shape index (κ3) is 5.16.